The highest BCUT2D eigenvalue weighted by molar-refractivity contribution is 7.99. The minimum Gasteiger partial charge on any atom is -0.480 e. The summed E-state index contributed by atoms with van der Waals surface area (Å²) in [6.45, 7) is -1.77. The fourth-order valence-corrected chi connectivity index (χ4v) is 2.65. The molecular formula is C10H15F3N2O3S. The van der Waals surface area contributed by atoms with Gasteiger partial charge in [0, 0.05) is 30.5 Å². The smallest absolute Gasteiger partial charge is 0.406 e. The first kappa shape index (κ1) is 16.1. The molecule has 1 unspecified atom stereocenters. The Labute approximate surface area is 112 Å². The van der Waals surface area contributed by atoms with Crippen LogP contribution >= 0.6 is 11.8 Å². The third kappa shape index (κ3) is 6.67. The molecule has 0 radical (unpaired) electrons. The van der Waals surface area contributed by atoms with E-state index < -0.39 is 31.1 Å². The second kappa shape index (κ2) is 6.99. The number of hydrogen-bond donors (Lipinski definition) is 2. The Bertz CT molecular complexity index is 332. The number of thioether (sulfide) groups is 1. The van der Waals surface area contributed by atoms with Gasteiger partial charge in [0.05, 0.1) is 0 Å². The zero-order valence-electron chi connectivity index (χ0n) is 10.1. The number of nitrogens with one attached hydrogen (secondary N) is 1. The summed E-state index contributed by atoms with van der Waals surface area (Å²) >= 11 is 1.61. The average Bonchev–Trinajstić information content (AvgIpc) is 2.27. The van der Waals surface area contributed by atoms with Crippen molar-refractivity contribution in [2.45, 2.75) is 18.6 Å². The highest BCUT2D eigenvalue weighted by Crippen LogP contribution is 2.18. The van der Waals surface area contributed by atoms with Crippen LogP contribution in [-0.2, 0) is 9.59 Å². The summed E-state index contributed by atoms with van der Waals surface area (Å²) in [5.41, 5.74) is 0. The van der Waals surface area contributed by atoms with Crippen LogP contribution in [0.3, 0.4) is 0 Å². The standard InChI is InChI=1S/C10H15F3N2O3S/c11-10(12,13)6-15(4-9(17)18)8(16)3-7-5-19-2-1-14-7/h7,14H,1-6H2,(H,17,18). The Morgan fingerprint density at radius 1 is 1.42 bits per heavy atom. The number of amides is 1. The number of nitrogens with zero attached hydrogens (tertiary/aromatic N) is 1. The Hall–Kier alpha value is -0.960. The minimum atomic E-state index is -4.60. The van der Waals surface area contributed by atoms with Crippen LogP contribution in [0.25, 0.3) is 0 Å². The van der Waals surface area contributed by atoms with Gasteiger partial charge in [0.2, 0.25) is 5.91 Å². The van der Waals surface area contributed by atoms with Crippen LogP contribution in [0.5, 0.6) is 0 Å². The molecule has 110 valence electrons. The van der Waals surface area contributed by atoms with Crippen molar-refractivity contribution in [2.75, 3.05) is 31.1 Å². The van der Waals surface area contributed by atoms with E-state index >= 15 is 0 Å². The maximum Gasteiger partial charge on any atom is 0.406 e. The van der Waals surface area contributed by atoms with Crippen molar-refractivity contribution in [1.82, 2.24) is 10.2 Å². The lowest BCUT2D eigenvalue weighted by Gasteiger charge is -2.27. The number of halogens is 3. The van der Waals surface area contributed by atoms with Gasteiger partial charge in [-0.3, -0.25) is 9.59 Å². The summed E-state index contributed by atoms with van der Waals surface area (Å²) in [4.78, 5) is 22.6. The third-order valence-electron chi connectivity index (χ3n) is 2.47. The van der Waals surface area contributed by atoms with Gasteiger partial charge in [-0.15, -0.1) is 0 Å². The first-order valence-electron chi connectivity index (χ1n) is 5.65. The molecule has 0 saturated carbocycles. The lowest BCUT2D eigenvalue weighted by molar-refractivity contribution is -0.166. The molecule has 0 bridgehead atoms. The Morgan fingerprint density at radius 2 is 2.11 bits per heavy atom. The van der Waals surface area contributed by atoms with E-state index in [1.54, 1.807) is 11.8 Å². The fraction of sp³-hybridized carbons (Fsp3) is 0.800. The predicted octanol–water partition coefficient (Wildman–Crippen LogP) is 0.557. The predicted molar refractivity (Wildman–Crippen MR) is 64.0 cm³/mol. The van der Waals surface area contributed by atoms with Gasteiger partial charge >= 0.3 is 12.1 Å². The van der Waals surface area contributed by atoms with Crippen molar-refractivity contribution < 1.29 is 27.9 Å². The molecule has 1 rings (SSSR count). The number of rotatable bonds is 5. The molecule has 1 atom stereocenters. The van der Waals surface area contributed by atoms with Crippen LogP contribution in [0, 0.1) is 0 Å². The van der Waals surface area contributed by atoms with E-state index in [1.807, 2.05) is 0 Å². The number of carbonyl (C=O) groups excluding carboxylic acids is 1. The van der Waals surface area contributed by atoms with Crippen LogP contribution in [-0.4, -0.2) is 65.2 Å². The van der Waals surface area contributed by atoms with Gasteiger partial charge in [-0.2, -0.15) is 24.9 Å². The molecule has 1 aliphatic rings. The number of carboxylic acid groups (broad SMARTS) is 1. The maximum absolute atomic E-state index is 12.3. The van der Waals surface area contributed by atoms with E-state index in [4.69, 9.17) is 5.11 Å². The molecule has 0 aromatic heterocycles. The van der Waals surface area contributed by atoms with Crippen LogP contribution in [0.4, 0.5) is 13.2 Å². The third-order valence-corrected chi connectivity index (χ3v) is 3.60. The van der Waals surface area contributed by atoms with Crippen molar-refractivity contribution in [3.05, 3.63) is 0 Å². The molecule has 1 fully saturated rings. The zero-order valence-corrected chi connectivity index (χ0v) is 10.9. The fourth-order valence-electron chi connectivity index (χ4n) is 1.70. The Kier molecular flexibility index (Phi) is 5.92. The van der Waals surface area contributed by atoms with Crippen molar-refractivity contribution in [3.63, 3.8) is 0 Å². The summed E-state index contributed by atoms with van der Waals surface area (Å²) in [7, 11) is 0. The SMILES string of the molecule is O=C(O)CN(CC(F)(F)F)C(=O)CC1CSCCN1. The molecule has 1 saturated heterocycles. The number of carboxylic acids is 1. The summed E-state index contributed by atoms with van der Waals surface area (Å²) in [6.07, 6.45) is -4.71. The van der Waals surface area contributed by atoms with Crippen molar-refractivity contribution in [2.24, 2.45) is 0 Å². The van der Waals surface area contributed by atoms with E-state index in [1.165, 1.54) is 0 Å². The molecule has 9 heteroatoms. The molecule has 0 aromatic carbocycles. The lowest BCUT2D eigenvalue weighted by atomic mass is 10.2. The molecule has 0 aromatic rings. The van der Waals surface area contributed by atoms with E-state index in [0.29, 0.717) is 17.2 Å². The first-order chi connectivity index (χ1) is 8.78. The van der Waals surface area contributed by atoms with Gasteiger partial charge in [-0.05, 0) is 0 Å². The van der Waals surface area contributed by atoms with Crippen LogP contribution < -0.4 is 5.32 Å². The highest BCUT2D eigenvalue weighted by Gasteiger charge is 2.34. The lowest BCUT2D eigenvalue weighted by Crippen LogP contribution is -2.46. The van der Waals surface area contributed by atoms with Crippen molar-refractivity contribution in [3.8, 4) is 0 Å². The van der Waals surface area contributed by atoms with Crippen molar-refractivity contribution >= 4 is 23.6 Å². The minimum absolute atomic E-state index is 0.115. The van der Waals surface area contributed by atoms with Crippen LogP contribution in [0.1, 0.15) is 6.42 Å². The molecule has 19 heavy (non-hydrogen) atoms. The van der Waals surface area contributed by atoms with Crippen LogP contribution in [0.2, 0.25) is 0 Å². The van der Waals surface area contributed by atoms with Gasteiger partial charge in [0.1, 0.15) is 13.1 Å². The van der Waals surface area contributed by atoms with Crippen molar-refractivity contribution in [1.29, 1.82) is 0 Å². The molecule has 1 heterocycles. The molecular weight excluding hydrogens is 285 g/mol. The van der Waals surface area contributed by atoms with E-state index in [9.17, 15) is 22.8 Å². The molecule has 1 aliphatic heterocycles. The molecule has 2 N–H and O–H groups in total. The summed E-state index contributed by atoms with van der Waals surface area (Å²) in [6, 6.07) is -0.198. The van der Waals surface area contributed by atoms with Gasteiger partial charge in [0.25, 0.3) is 0 Å². The quantitative estimate of drug-likeness (QED) is 0.776. The monoisotopic (exact) mass is 300 g/mol. The second-order valence-electron chi connectivity index (χ2n) is 4.19. The molecule has 0 spiro atoms. The normalized spacial score (nSPS) is 20.1. The van der Waals surface area contributed by atoms with E-state index in [-0.39, 0.29) is 12.5 Å². The largest absolute Gasteiger partial charge is 0.480 e. The first-order valence-corrected chi connectivity index (χ1v) is 6.81. The maximum atomic E-state index is 12.3. The number of aliphatic carboxylic acids is 1. The zero-order chi connectivity index (χ0) is 14.5. The van der Waals surface area contributed by atoms with Gasteiger partial charge in [-0.1, -0.05) is 0 Å². The summed E-state index contributed by atoms with van der Waals surface area (Å²) < 4.78 is 36.9. The molecule has 5 nitrogen and oxygen atoms in total. The Morgan fingerprint density at radius 3 is 2.58 bits per heavy atom. The van der Waals surface area contributed by atoms with E-state index in [2.05, 4.69) is 5.32 Å². The number of carbonyl (C=O) groups is 2. The molecule has 0 aliphatic carbocycles. The Balaban J connectivity index is 2.56. The van der Waals surface area contributed by atoms with Gasteiger partial charge in [0.15, 0.2) is 0 Å². The van der Waals surface area contributed by atoms with Crippen LogP contribution in [0.15, 0.2) is 0 Å². The topological polar surface area (TPSA) is 69.6 Å². The summed E-state index contributed by atoms with van der Waals surface area (Å²) in [5, 5.41) is 11.6. The highest BCUT2D eigenvalue weighted by atomic mass is 32.2. The summed E-state index contributed by atoms with van der Waals surface area (Å²) in [5.74, 6) is -0.714. The molecule has 1 amide bonds. The number of alkyl halides is 3. The van der Waals surface area contributed by atoms with E-state index in [0.717, 1.165) is 5.75 Å². The number of hydrogen-bond acceptors (Lipinski definition) is 4. The second-order valence-corrected chi connectivity index (χ2v) is 5.34. The van der Waals surface area contributed by atoms with Gasteiger partial charge < -0.3 is 15.3 Å². The average molecular weight is 300 g/mol. The van der Waals surface area contributed by atoms with Gasteiger partial charge in [-0.25, -0.2) is 0 Å².